The SMILES string of the molecule is COc1ccc(C(=O)O)cc1NC(=O)/C(=C\c1ccc([N+](=O)[O-])o1)NC(=O)c1ccccc1Br. The van der Waals surface area contributed by atoms with Crippen LogP contribution in [0.5, 0.6) is 5.75 Å². The number of nitrogens with zero attached hydrogens (tertiary/aromatic N) is 1. The third-order valence-corrected chi connectivity index (χ3v) is 5.08. The van der Waals surface area contributed by atoms with Crippen molar-refractivity contribution in [2.45, 2.75) is 0 Å². The third kappa shape index (κ3) is 5.66. The maximum atomic E-state index is 13.1. The van der Waals surface area contributed by atoms with Gasteiger partial charge in [0.2, 0.25) is 0 Å². The monoisotopic (exact) mass is 529 g/mol. The number of hydrogen-bond donors (Lipinski definition) is 3. The highest BCUT2D eigenvalue weighted by Crippen LogP contribution is 2.26. The van der Waals surface area contributed by atoms with Crippen LogP contribution in [0, 0.1) is 10.1 Å². The van der Waals surface area contributed by atoms with Crippen molar-refractivity contribution < 1.29 is 33.6 Å². The van der Waals surface area contributed by atoms with Crippen LogP contribution in [0.2, 0.25) is 0 Å². The molecule has 0 fully saturated rings. The topological polar surface area (TPSA) is 161 Å². The van der Waals surface area contributed by atoms with E-state index in [1.807, 2.05) is 0 Å². The molecule has 0 atom stereocenters. The predicted molar refractivity (Wildman–Crippen MR) is 124 cm³/mol. The Morgan fingerprint density at radius 1 is 1.15 bits per heavy atom. The van der Waals surface area contributed by atoms with E-state index in [-0.39, 0.29) is 34.0 Å². The molecule has 0 aliphatic rings. The third-order valence-electron chi connectivity index (χ3n) is 4.39. The van der Waals surface area contributed by atoms with Crippen molar-refractivity contribution in [1.82, 2.24) is 5.32 Å². The summed E-state index contributed by atoms with van der Waals surface area (Å²) >= 11 is 3.26. The molecule has 0 unspecified atom stereocenters. The molecule has 0 bridgehead atoms. The minimum atomic E-state index is -1.22. The van der Waals surface area contributed by atoms with Gasteiger partial charge in [-0.3, -0.25) is 19.7 Å². The van der Waals surface area contributed by atoms with Crippen molar-refractivity contribution >= 4 is 51.4 Å². The molecule has 0 aliphatic heterocycles. The Bertz CT molecular complexity index is 1310. The van der Waals surface area contributed by atoms with E-state index in [1.165, 1.54) is 37.4 Å². The van der Waals surface area contributed by atoms with Gasteiger partial charge in [0.1, 0.15) is 22.1 Å². The average Bonchev–Trinajstić information content (AvgIpc) is 3.27. The van der Waals surface area contributed by atoms with E-state index in [4.69, 9.17) is 9.15 Å². The molecule has 11 nitrogen and oxygen atoms in total. The maximum absolute atomic E-state index is 13.1. The molecule has 2 amide bonds. The molecule has 3 rings (SSSR count). The zero-order chi connectivity index (χ0) is 24.8. The van der Waals surface area contributed by atoms with E-state index in [9.17, 15) is 29.6 Å². The lowest BCUT2D eigenvalue weighted by molar-refractivity contribution is -0.402. The summed E-state index contributed by atoms with van der Waals surface area (Å²) in [6, 6.07) is 12.7. The first-order valence-electron chi connectivity index (χ1n) is 9.44. The Hall–Kier alpha value is -4.45. The highest BCUT2D eigenvalue weighted by molar-refractivity contribution is 9.10. The van der Waals surface area contributed by atoms with Crippen LogP contribution in [-0.2, 0) is 4.79 Å². The minimum Gasteiger partial charge on any atom is -0.495 e. The maximum Gasteiger partial charge on any atom is 0.433 e. The smallest absolute Gasteiger partial charge is 0.433 e. The van der Waals surface area contributed by atoms with Crippen LogP contribution in [0.3, 0.4) is 0 Å². The molecule has 34 heavy (non-hydrogen) atoms. The lowest BCUT2D eigenvalue weighted by Crippen LogP contribution is -2.31. The molecule has 0 spiro atoms. The number of benzene rings is 2. The van der Waals surface area contributed by atoms with Crippen molar-refractivity contribution in [1.29, 1.82) is 0 Å². The number of halogens is 1. The van der Waals surface area contributed by atoms with Gasteiger partial charge in [-0.1, -0.05) is 12.1 Å². The van der Waals surface area contributed by atoms with Crippen molar-refractivity contribution in [2.24, 2.45) is 0 Å². The van der Waals surface area contributed by atoms with Gasteiger partial charge in [-0.15, -0.1) is 0 Å². The molecule has 3 aromatic rings. The number of methoxy groups -OCH3 is 1. The fourth-order valence-electron chi connectivity index (χ4n) is 2.78. The predicted octanol–water partition coefficient (Wildman–Crippen LogP) is 4.07. The zero-order valence-electron chi connectivity index (χ0n) is 17.4. The Kier molecular flexibility index (Phi) is 7.43. The van der Waals surface area contributed by atoms with Crippen molar-refractivity contribution in [2.75, 3.05) is 12.4 Å². The number of aromatic carboxylic acids is 1. The number of nitrogens with one attached hydrogen (secondary N) is 2. The van der Waals surface area contributed by atoms with Gasteiger partial charge in [0, 0.05) is 10.5 Å². The number of rotatable bonds is 8. The van der Waals surface area contributed by atoms with Crippen LogP contribution in [0.1, 0.15) is 26.5 Å². The highest BCUT2D eigenvalue weighted by Gasteiger charge is 2.20. The number of furan rings is 1. The van der Waals surface area contributed by atoms with E-state index in [0.29, 0.717) is 4.47 Å². The summed E-state index contributed by atoms with van der Waals surface area (Å²) in [6.07, 6.45) is 1.10. The summed E-state index contributed by atoms with van der Waals surface area (Å²) in [5.41, 5.74) is -0.190. The van der Waals surface area contributed by atoms with Crippen LogP contribution in [0.4, 0.5) is 11.6 Å². The van der Waals surface area contributed by atoms with Crippen molar-refractivity contribution in [3.8, 4) is 5.75 Å². The zero-order valence-corrected chi connectivity index (χ0v) is 19.0. The summed E-state index contributed by atoms with van der Waals surface area (Å²) in [7, 11) is 1.33. The largest absolute Gasteiger partial charge is 0.495 e. The number of ether oxygens (including phenoxy) is 1. The molecule has 3 N–H and O–H groups in total. The van der Waals surface area contributed by atoms with Crippen LogP contribution >= 0.6 is 15.9 Å². The molecule has 0 aliphatic carbocycles. The molecule has 1 heterocycles. The van der Waals surface area contributed by atoms with Crippen LogP contribution in [0.15, 0.2) is 69.2 Å². The van der Waals surface area contributed by atoms with Gasteiger partial charge in [-0.2, -0.15) is 0 Å². The van der Waals surface area contributed by atoms with Crippen LogP contribution in [0.25, 0.3) is 6.08 Å². The van der Waals surface area contributed by atoms with E-state index >= 15 is 0 Å². The molecular weight excluding hydrogens is 514 g/mol. The number of carboxylic acid groups (broad SMARTS) is 1. The summed E-state index contributed by atoms with van der Waals surface area (Å²) in [6.45, 7) is 0. The van der Waals surface area contributed by atoms with Crippen LogP contribution in [-0.4, -0.2) is 34.9 Å². The van der Waals surface area contributed by atoms with Gasteiger partial charge in [-0.05, 0) is 52.3 Å². The van der Waals surface area contributed by atoms with Gasteiger partial charge < -0.3 is 24.9 Å². The first kappa shape index (κ1) is 24.2. The fraction of sp³-hybridized carbons (Fsp3) is 0.0455. The number of carbonyl (C=O) groups excluding carboxylic acids is 2. The van der Waals surface area contributed by atoms with E-state index in [2.05, 4.69) is 26.6 Å². The van der Waals surface area contributed by atoms with E-state index < -0.39 is 28.6 Å². The Labute approximate surface area is 200 Å². The second kappa shape index (κ2) is 10.4. The summed E-state index contributed by atoms with van der Waals surface area (Å²) in [4.78, 5) is 47.3. The lowest BCUT2D eigenvalue weighted by atomic mass is 10.1. The van der Waals surface area contributed by atoms with Crippen molar-refractivity contribution in [3.05, 3.63) is 91.8 Å². The lowest BCUT2D eigenvalue weighted by Gasteiger charge is -2.14. The second-order valence-electron chi connectivity index (χ2n) is 6.60. The quantitative estimate of drug-likeness (QED) is 0.223. The van der Waals surface area contributed by atoms with Crippen molar-refractivity contribution in [3.63, 3.8) is 0 Å². The van der Waals surface area contributed by atoms with Gasteiger partial charge in [-0.25, -0.2) is 4.79 Å². The molecule has 12 heteroatoms. The number of hydrogen-bond acceptors (Lipinski definition) is 7. The first-order chi connectivity index (χ1) is 16.2. The highest BCUT2D eigenvalue weighted by atomic mass is 79.9. The molecular formula is C22H16BrN3O8. The molecule has 0 radical (unpaired) electrons. The molecule has 1 aromatic heterocycles. The summed E-state index contributed by atoms with van der Waals surface area (Å²) in [5.74, 6) is -3.20. The summed E-state index contributed by atoms with van der Waals surface area (Å²) < 4.78 is 10.7. The van der Waals surface area contributed by atoms with E-state index in [0.717, 1.165) is 12.1 Å². The Balaban J connectivity index is 1.98. The number of anilines is 1. The normalized spacial score (nSPS) is 10.9. The fourth-order valence-corrected chi connectivity index (χ4v) is 3.25. The number of carboxylic acids is 1. The molecule has 0 saturated heterocycles. The molecule has 2 aromatic carbocycles. The number of carbonyl (C=O) groups is 3. The van der Waals surface area contributed by atoms with Gasteiger partial charge >= 0.3 is 11.9 Å². The summed E-state index contributed by atoms with van der Waals surface area (Å²) in [5, 5.41) is 25.1. The van der Waals surface area contributed by atoms with E-state index in [1.54, 1.807) is 18.2 Å². The molecule has 174 valence electrons. The minimum absolute atomic E-state index is 0.0267. The van der Waals surface area contributed by atoms with Gasteiger partial charge in [0.15, 0.2) is 0 Å². The Morgan fingerprint density at radius 3 is 2.50 bits per heavy atom. The standard InChI is InChI=1S/C22H16BrN3O8/c1-33-18-8-6-12(22(29)30)10-16(18)24-21(28)17(11-13-7-9-19(34-13)26(31)32)25-20(27)14-4-2-3-5-15(14)23/h2-11H,1H3,(H,24,28)(H,25,27)(H,29,30)/b17-11+. The second-order valence-corrected chi connectivity index (χ2v) is 7.45. The van der Waals surface area contributed by atoms with Crippen LogP contribution < -0.4 is 15.4 Å². The number of nitro groups is 1. The van der Waals surface area contributed by atoms with Gasteiger partial charge in [0.25, 0.3) is 11.8 Å². The average molecular weight is 530 g/mol. The Morgan fingerprint density at radius 2 is 1.88 bits per heavy atom. The number of amides is 2. The molecule has 0 saturated carbocycles. The first-order valence-corrected chi connectivity index (χ1v) is 10.2. The van der Waals surface area contributed by atoms with Gasteiger partial charge in [0.05, 0.1) is 30.0 Å².